The molecule has 0 bridgehead atoms. The lowest BCUT2D eigenvalue weighted by molar-refractivity contribution is 1.13. The molecule has 0 fully saturated rings. The molecule has 0 spiro atoms. The van der Waals surface area contributed by atoms with Crippen molar-refractivity contribution in [3.63, 3.8) is 0 Å². The predicted octanol–water partition coefficient (Wildman–Crippen LogP) is 12.3. The molecule has 4 aromatic heterocycles. The highest BCUT2D eigenvalue weighted by Gasteiger charge is 2.20. The number of anilines is 3. The van der Waals surface area contributed by atoms with Crippen LogP contribution in [-0.2, 0) is 0 Å². The van der Waals surface area contributed by atoms with Crippen LogP contribution in [-0.4, -0.2) is 19.1 Å². The molecule has 0 saturated heterocycles. The molecule has 250 valence electrons. The number of hydrogen-bond donors (Lipinski definition) is 0. The Labute approximate surface area is 307 Å². The summed E-state index contributed by atoms with van der Waals surface area (Å²) in [6.45, 7) is 0. The Morgan fingerprint density at radius 3 is 1.53 bits per heavy atom. The number of hydrogen-bond acceptors (Lipinski definition) is 3. The molecule has 5 nitrogen and oxygen atoms in total. The van der Waals surface area contributed by atoms with E-state index in [0.29, 0.717) is 0 Å². The fourth-order valence-electron chi connectivity index (χ4n) is 7.59. The van der Waals surface area contributed by atoms with E-state index in [-0.39, 0.29) is 0 Å². The number of para-hydroxylation sites is 2. The molecule has 10 rings (SSSR count). The molecule has 0 aliphatic carbocycles. The molecular weight excluding hydrogens is 647 g/mol. The second-order valence-corrected chi connectivity index (χ2v) is 13.1. The van der Waals surface area contributed by atoms with Gasteiger partial charge in [-0.25, -0.2) is 0 Å². The van der Waals surface area contributed by atoms with E-state index in [1.807, 2.05) is 48.8 Å². The van der Waals surface area contributed by atoms with E-state index >= 15 is 0 Å². The van der Waals surface area contributed by atoms with Gasteiger partial charge in [-0.3, -0.25) is 9.97 Å². The van der Waals surface area contributed by atoms with Crippen LogP contribution >= 0.6 is 0 Å². The van der Waals surface area contributed by atoms with Gasteiger partial charge in [-0.15, -0.1) is 0 Å². The number of rotatable bonds is 7. The van der Waals surface area contributed by atoms with E-state index < -0.39 is 0 Å². The van der Waals surface area contributed by atoms with Crippen LogP contribution in [0.3, 0.4) is 0 Å². The molecule has 53 heavy (non-hydrogen) atoms. The zero-order valence-electron chi connectivity index (χ0n) is 28.8. The summed E-state index contributed by atoms with van der Waals surface area (Å²) in [5, 5.41) is 3.61. The number of nitrogens with zero attached hydrogens (tertiary/aromatic N) is 5. The third-order valence-corrected chi connectivity index (χ3v) is 10.1. The molecule has 0 aliphatic rings. The zero-order chi connectivity index (χ0) is 35.1. The van der Waals surface area contributed by atoms with Crippen LogP contribution in [0.4, 0.5) is 17.1 Å². The maximum Gasteiger partial charge on any atom is 0.0701 e. The topological polar surface area (TPSA) is 38.9 Å². The molecule has 5 heteroatoms. The Bertz CT molecular complexity index is 2760. The predicted molar refractivity (Wildman–Crippen MR) is 219 cm³/mol. The minimum atomic E-state index is 0.952. The summed E-state index contributed by atoms with van der Waals surface area (Å²) < 4.78 is 4.69. The fraction of sp³-hybridized carbons (Fsp3) is 0. The van der Waals surface area contributed by atoms with Gasteiger partial charge >= 0.3 is 0 Å². The zero-order valence-corrected chi connectivity index (χ0v) is 28.8. The average molecular weight is 680 g/mol. The van der Waals surface area contributed by atoms with Gasteiger partial charge in [0.25, 0.3) is 0 Å². The van der Waals surface area contributed by atoms with Crippen LogP contribution < -0.4 is 4.90 Å². The SMILES string of the molecule is c1ccc(-n2ccc3c2ccc2c4cc(N(c5ccc(-c6ccccn6)cc5)c5ccc(-c6ccccn6)cc5)ccc4n(-c4ccccc4)c23)cc1. The molecule has 4 heterocycles. The Morgan fingerprint density at radius 1 is 0.396 bits per heavy atom. The van der Waals surface area contributed by atoms with Gasteiger partial charge in [0.1, 0.15) is 0 Å². The highest BCUT2D eigenvalue weighted by Crippen LogP contribution is 2.42. The van der Waals surface area contributed by atoms with Gasteiger partial charge in [-0.2, -0.15) is 0 Å². The molecule has 0 N–H and O–H groups in total. The van der Waals surface area contributed by atoms with Crippen molar-refractivity contribution < 1.29 is 0 Å². The number of aromatic nitrogens is 4. The molecular formula is C48H33N5. The van der Waals surface area contributed by atoms with E-state index in [1.54, 1.807) is 0 Å². The second-order valence-electron chi connectivity index (χ2n) is 13.1. The van der Waals surface area contributed by atoms with E-state index in [1.165, 1.54) is 27.2 Å². The average Bonchev–Trinajstić information content (AvgIpc) is 3.82. The highest BCUT2D eigenvalue weighted by atomic mass is 15.1. The third kappa shape index (κ3) is 5.34. The van der Waals surface area contributed by atoms with E-state index in [9.17, 15) is 0 Å². The van der Waals surface area contributed by atoms with E-state index in [4.69, 9.17) is 0 Å². The molecule has 0 amide bonds. The van der Waals surface area contributed by atoms with Gasteiger partial charge in [-0.05, 0) is 103 Å². The van der Waals surface area contributed by atoms with Gasteiger partial charge < -0.3 is 14.0 Å². The first kappa shape index (κ1) is 30.6. The normalized spacial score (nSPS) is 11.4. The molecule has 6 aromatic carbocycles. The summed E-state index contributed by atoms with van der Waals surface area (Å²) in [4.78, 5) is 11.5. The fourth-order valence-corrected chi connectivity index (χ4v) is 7.59. The summed E-state index contributed by atoms with van der Waals surface area (Å²) in [6.07, 6.45) is 5.86. The standard InChI is InChI=1S/C48H33N5/c1-3-11-36(12-4-1)51-32-29-42-46(51)28-26-41-43-33-40(25-27-47(43)53(48(41)42)37-13-5-2-6-14-37)52(38-21-17-34(18-22-38)44-15-7-9-30-49-44)39-23-19-35(20-24-39)45-16-8-10-31-50-45/h1-33H. The van der Waals surface area contributed by atoms with Crippen molar-refractivity contribution in [2.24, 2.45) is 0 Å². The smallest absolute Gasteiger partial charge is 0.0701 e. The van der Waals surface area contributed by atoms with Crippen LogP contribution in [0.25, 0.3) is 66.6 Å². The van der Waals surface area contributed by atoms with Crippen LogP contribution in [0, 0.1) is 0 Å². The van der Waals surface area contributed by atoms with Gasteiger partial charge in [0.05, 0.1) is 27.9 Å². The first-order valence-corrected chi connectivity index (χ1v) is 17.8. The van der Waals surface area contributed by atoms with E-state index in [2.05, 4.69) is 176 Å². The minimum Gasteiger partial charge on any atom is -0.316 e. The van der Waals surface area contributed by atoms with Crippen LogP contribution in [0.5, 0.6) is 0 Å². The quantitative estimate of drug-likeness (QED) is 0.168. The van der Waals surface area contributed by atoms with Crippen molar-refractivity contribution in [3.05, 3.63) is 201 Å². The highest BCUT2D eigenvalue weighted by molar-refractivity contribution is 6.19. The van der Waals surface area contributed by atoms with Crippen molar-refractivity contribution in [3.8, 4) is 33.9 Å². The van der Waals surface area contributed by atoms with Crippen LogP contribution in [0.2, 0.25) is 0 Å². The summed E-state index contributed by atoms with van der Waals surface area (Å²) in [7, 11) is 0. The van der Waals surface area contributed by atoms with Gasteiger partial charge in [0.2, 0.25) is 0 Å². The van der Waals surface area contributed by atoms with E-state index in [0.717, 1.165) is 56.5 Å². The number of fused-ring (bicyclic) bond motifs is 5. The largest absolute Gasteiger partial charge is 0.316 e. The van der Waals surface area contributed by atoms with Crippen molar-refractivity contribution in [2.45, 2.75) is 0 Å². The number of pyridine rings is 2. The lowest BCUT2D eigenvalue weighted by Gasteiger charge is -2.26. The monoisotopic (exact) mass is 679 g/mol. The Morgan fingerprint density at radius 2 is 0.943 bits per heavy atom. The molecule has 10 aromatic rings. The van der Waals surface area contributed by atoms with Crippen molar-refractivity contribution in [2.75, 3.05) is 4.90 Å². The first-order chi connectivity index (χ1) is 26.3. The molecule has 0 unspecified atom stereocenters. The molecule has 0 saturated carbocycles. The van der Waals surface area contributed by atoms with Gasteiger partial charge in [0.15, 0.2) is 0 Å². The third-order valence-electron chi connectivity index (χ3n) is 10.1. The van der Waals surface area contributed by atoms with Crippen molar-refractivity contribution in [1.82, 2.24) is 19.1 Å². The first-order valence-electron chi connectivity index (χ1n) is 17.8. The lowest BCUT2D eigenvalue weighted by Crippen LogP contribution is -2.10. The maximum atomic E-state index is 4.59. The maximum absolute atomic E-state index is 4.59. The summed E-state index contributed by atoms with van der Waals surface area (Å²) >= 11 is 0. The summed E-state index contributed by atoms with van der Waals surface area (Å²) in [5.74, 6) is 0. The Balaban J connectivity index is 1.17. The van der Waals surface area contributed by atoms with Crippen LogP contribution in [0.15, 0.2) is 201 Å². The minimum absolute atomic E-state index is 0.952. The molecule has 0 atom stereocenters. The van der Waals surface area contributed by atoms with Crippen molar-refractivity contribution >= 4 is 49.8 Å². The van der Waals surface area contributed by atoms with Crippen molar-refractivity contribution in [1.29, 1.82) is 0 Å². The summed E-state index contributed by atoms with van der Waals surface area (Å²) in [5.41, 5.74) is 13.0. The second kappa shape index (κ2) is 12.8. The molecule has 0 aliphatic heterocycles. The summed E-state index contributed by atoms with van der Waals surface area (Å²) in [6, 6.07) is 64.3. The number of benzene rings is 6. The Hall–Kier alpha value is -7.24. The van der Waals surface area contributed by atoms with Gasteiger partial charge in [-0.1, -0.05) is 78.9 Å². The van der Waals surface area contributed by atoms with Gasteiger partial charge in [0, 0.05) is 74.3 Å². The van der Waals surface area contributed by atoms with Crippen LogP contribution in [0.1, 0.15) is 0 Å². The molecule has 0 radical (unpaired) electrons. The Kier molecular flexibility index (Phi) is 7.40. The lowest BCUT2D eigenvalue weighted by atomic mass is 10.1.